The Morgan fingerprint density at radius 3 is 2.90 bits per heavy atom. The topological polar surface area (TPSA) is 20.2 Å². The van der Waals surface area contributed by atoms with Crippen molar-refractivity contribution in [3.8, 4) is 0 Å². The van der Waals surface area contributed by atoms with Gasteiger partial charge in [-0.15, -0.1) is 0 Å². The molecule has 6 atom stereocenters. The Morgan fingerprint density at radius 2 is 2.10 bits per heavy atom. The zero-order valence-electron chi connectivity index (χ0n) is 13.0. The molecule has 0 heterocycles. The van der Waals surface area contributed by atoms with Crippen LogP contribution in [-0.2, 0) is 6.42 Å². The van der Waals surface area contributed by atoms with Gasteiger partial charge in [0, 0.05) is 5.25 Å². The fourth-order valence-electron chi connectivity index (χ4n) is 5.79. The van der Waals surface area contributed by atoms with Gasteiger partial charge >= 0.3 is 0 Å². The summed E-state index contributed by atoms with van der Waals surface area (Å²) in [7, 11) is 0. The van der Waals surface area contributed by atoms with Crippen molar-refractivity contribution >= 4 is 12.6 Å². The van der Waals surface area contributed by atoms with Gasteiger partial charge in [-0.1, -0.05) is 25.1 Å². The number of benzene rings is 1. The third kappa shape index (κ3) is 1.88. The number of aliphatic hydroxyl groups excluding tert-OH is 1. The van der Waals surface area contributed by atoms with Crippen molar-refractivity contribution in [1.29, 1.82) is 0 Å². The lowest BCUT2D eigenvalue weighted by Gasteiger charge is -2.50. The number of thiol groups is 1. The van der Waals surface area contributed by atoms with Crippen molar-refractivity contribution in [2.24, 2.45) is 17.3 Å². The van der Waals surface area contributed by atoms with Gasteiger partial charge in [0.15, 0.2) is 0 Å². The monoisotopic (exact) mass is 302 g/mol. The van der Waals surface area contributed by atoms with Gasteiger partial charge in [0.1, 0.15) is 0 Å². The van der Waals surface area contributed by atoms with E-state index in [9.17, 15) is 5.11 Å². The van der Waals surface area contributed by atoms with Gasteiger partial charge in [-0.2, -0.15) is 12.6 Å². The summed E-state index contributed by atoms with van der Waals surface area (Å²) in [6.45, 7) is 4.58. The predicted molar refractivity (Wildman–Crippen MR) is 90.0 cm³/mol. The minimum Gasteiger partial charge on any atom is -0.391 e. The SMILES string of the molecule is Cc1cccc2c1CC[C@@H]1[C@@H]2CC[C@]2(C)[C@@H](O)[C@@H](S)C[C@@H]12. The number of aryl methyl sites for hydroxylation is 1. The molecule has 0 spiro atoms. The molecular weight excluding hydrogens is 276 g/mol. The highest BCUT2D eigenvalue weighted by Crippen LogP contribution is 2.61. The molecule has 1 N–H and O–H groups in total. The molecule has 1 aromatic rings. The van der Waals surface area contributed by atoms with Gasteiger partial charge in [-0.3, -0.25) is 0 Å². The van der Waals surface area contributed by atoms with E-state index in [1.54, 1.807) is 11.1 Å². The van der Waals surface area contributed by atoms with E-state index in [0.29, 0.717) is 5.92 Å². The van der Waals surface area contributed by atoms with E-state index in [4.69, 9.17) is 0 Å². The summed E-state index contributed by atoms with van der Waals surface area (Å²) in [5.74, 6) is 2.13. The maximum Gasteiger partial charge on any atom is 0.0712 e. The second-order valence-electron chi connectivity index (χ2n) is 7.85. The first-order valence-electron chi connectivity index (χ1n) is 8.47. The van der Waals surface area contributed by atoms with Crippen LogP contribution in [0.5, 0.6) is 0 Å². The van der Waals surface area contributed by atoms with Crippen molar-refractivity contribution in [3.05, 3.63) is 34.9 Å². The summed E-state index contributed by atoms with van der Waals surface area (Å²) in [6.07, 6.45) is 5.81. The first-order valence-corrected chi connectivity index (χ1v) is 8.98. The van der Waals surface area contributed by atoms with Crippen LogP contribution in [0.3, 0.4) is 0 Å². The van der Waals surface area contributed by atoms with Crippen LogP contribution < -0.4 is 0 Å². The van der Waals surface area contributed by atoms with Crippen molar-refractivity contribution in [2.45, 2.75) is 63.2 Å². The molecule has 0 amide bonds. The first kappa shape index (κ1) is 14.1. The molecular formula is C19H26OS. The number of rotatable bonds is 0. The first-order chi connectivity index (χ1) is 10.0. The molecule has 0 saturated heterocycles. The second-order valence-corrected chi connectivity index (χ2v) is 8.51. The Morgan fingerprint density at radius 1 is 1.29 bits per heavy atom. The minimum atomic E-state index is -0.217. The van der Waals surface area contributed by atoms with Crippen LogP contribution in [0.2, 0.25) is 0 Å². The Labute approximate surface area is 133 Å². The molecule has 114 valence electrons. The van der Waals surface area contributed by atoms with E-state index >= 15 is 0 Å². The molecule has 2 fully saturated rings. The standard InChI is InChI=1S/C19H26OS/c1-11-4-3-5-13-12(11)6-7-15-14(13)8-9-19(2)16(15)10-17(21)18(19)20/h3-5,14-18,20-21H,6-10H2,1-2H3/t14-,15-,16+,17+,18+,19+/m1/s1. The molecule has 0 aliphatic heterocycles. The summed E-state index contributed by atoms with van der Waals surface area (Å²) in [5, 5.41) is 10.8. The molecule has 0 radical (unpaired) electrons. The lowest BCUT2D eigenvalue weighted by molar-refractivity contribution is -0.0215. The Hall–Kier alpha value is -0.470. The average Bonchev–Trinajstić information content (AvgIpc) is 2.71. The highest BCUT2D eigenvalue weighted by atomic mass is 32.1. The fourth-order valence-corrected chi connectivity index (χ4v) is 6.36. The summed E-state index contributed by atoms with van der Waals surface area (Å²) >= 11 is 4.67. The zero-order chi connectivity index (χ0) is 14.8. The van der Waals surface area contributed by atoms with Crippen molar-refractivity contribution in [3.63, 3.8) is 0 Å². The van der Waals surface area contributed by atoms with E-state index in [-0.39, 0.29) is 16.8 Å². The Balaban J connectivity index is 1.73. The van der Waals surface area contributed by atoms with Gasteiger partial charge < -0.3 is 5.11 Å². The summed E-state index contributed by atoms with van der Waals surface area (Å²) in [6, 6.07) is 6.86. The molecule has 0 unspecified atom stereocenters. The normalized spacial score (nSPS) is 44.9. The molecule has 1 aromatic carbocycles. The van der Waals surface area contributed by atoms with Crippen LogP contribution in [-0.4, -0.2) is 16.5 Å². The molecule has 3 aliphatic carbocycles. The van der Waals surface area contributed by atoms with E-state index in [1.807, 2.05) is 0 Å². The highest BCUT2D eigenvalue weighted by Gasteiger charge is 2.57. The molecule has 2 saturated carbocycles. The molecule has 21 heavy (non-hydrogen) atoms. The Bertz CT molecular complexity index is 569. The second kappa shape index (κ2) is 4.76. The quantitative estimate of drug-likeness (QED) is 0.691. The predicted octanol–water partition coefficient (Wildman–Crippen LogP) is 4.12. The molecule has 1 nitrogen and oxygen atoms in total. The Kier molecular flexibility index (Phi) is 3.21. The average molecular weight is 302 g/mol. The largest absolute Gasteiger partial charge is 0.391 e. The van der Waals surface area contributed by atoms with Gasteiger partial charge in [0.05, 0.1) is 6.10 Å². The molecule has 0 bridgehead atoms. The minimum absolute atomic E-state index is 0.106. The van der Waals surface area contributed by atoms with Crippen LogP contribution in [0.4, 0.5) is 0 Å². The number of aliphatic hydroxyl groups is 1. The van der Waals surface area contributed by atoms with Gasteiger partial charge in [-0.25, -0.2) is 0 Å². The third-order valence-corrected chi connectivity index (χ3v) is 7.48. The van der Waals surface area contributed by atoms with E-state index in [1.165, 1.54) is 24.8 Å². The van der Waals surface area contributed by atoms with Crippen LogP contribution in [0, 0.1) is 24.2 Å². The van der Waals surface area contributed by atoms with E-state index in [0.717, 1.165) is 24.7 Å². The van der Waals surface area contributed by atoms with Crippen LogP contribution in [0.15, 0.2) is 18.2 Å². The number of hydrogen-bond acceptors (Lipinski definition) is 2. The fraction of sp³-hybridized carbons (Fsp3) is 0.684. The zero-order valence-corrected chi connectivity index (χ0v) is 13.9. The van der Waals surface area contributed by atoms with Crippen molar-refractivity contribution < 1.29 is 5.11 Å². The van der Waals surface area contributed by atoms with Gasteiger partial charge in [0.2, 0.25) is 0 Å². The lowest BCUT2D eigenvalue weighted by Crippen LogP contribution is -2.44. The smallest absolute Gasteiger partial charge is 0.0712 e. The molecule has 4 rings (SSSR count). The number of fused-ring (bicyclic) bond motifs is 5. The van der Waals surface area contributed by atoms with Gasteiger partial charge in [-0.05, 0) is 78.9 Å². The summed E-state index contributed by atoms with van der Waals surface area (Å²) < 4.78 is 0. The summed E-state index contributed by atoms with van der Waals surface area (Å²) in [4.78, 5) is 0. The molecule has 3 aliphatic rings. The molecule has 2 heteroatoms. The van der Waals surface area contributed by atoms with Crippen LogP contribution >= 0.6 is 12.6 Å². The number of hydrogen-bond donors (Lipinski definition) is 2. The van der Waals surface area contributed by atoms with E-state index < -0.39 is 0 Å². The summed E-state index contributed by atoms with van der Waals surface area (Å²) in [5.41, 5.74) is 4.81. The maximum absolute atomic E-state index is 10.6. The lowest BCUT2D eigenvalue weighted by atomic mass is 9.55. The van der Waals surface area contributed by atoms with Crippen LogP contribution in [0.1, 0.15) is 55.2 Å². The highest BCUT2D eigenvalue weighted by molar-refractivity contribution is 7.81. The van der Waals surface area contributed by atoms with Crippen molar-refractivity contribution in [2.75, 3.05) is 0 Å². The molecule has 0 aromatic heterocycles. The third-order valence-electron chi connectivity index (χ3n) is 6.98. The maximum atomic E-state index is 10.6. The van der Waals surface area contributed by atoms with E-state index in [2.05, 4.69) is 44.7 Å². The van der Waals surface area contributed by atoms with Crippen molar-refractivity contribution in [1.82, 2.24) is 0 Å². The van der Waals surface area contributed by atoms with Gasteiger partial charge in [0.25, 0.3) is 0 Å². The van der Waals surface area contributed by atoms with Crippen LogP contribution in [0.25, 0.3) is 0 Å².